The normalized spacial score (nSPS) is 28.1. The molecular weight excluding hydrogens is 520 g/mol. The lowest BCUT2D eigenvalue weighted by molar-refractivity contribution is -0.161. The third-order valence-electron chi connectivity index (χ3n) is 9.15. The number of aliphatic hydroxyl groups is 1. The number of rotatable bonds is 13. The first kappa shape index (κ1) is 29.0. The van der Waals surface area contributed by atoms with E-state index in [2.05, 4.69) is 13.2 Å². The Labute approximate surface area is 241 Å². The summed E-state index contributed by atoms with van der Waals surface area (Å²) in [5.41, 5.74) is -1.32. The van der Waals surface area contributed by atoms with Gasteiger partial charge in [-0.15, -0.1) is 13.2 Å². The van der Waals surface area contributed by atoms with Crippen LogP contribution in [0.1, 0.15) is 45.4 Å². The molecule has 2 unspecified atom stereocenters. The van der Waals surface area contributed by atoms with Crippen molar-refractivity contribution in [2.45, 2.75) is 62.7 Å². The van der Waals surface area contributed by atoms with Crippen molar-refractivity contribution in [1.29, 1.82) is 0 Å². The third kappa shape index (κ3) is 4.77. The van der Waals surface area contributed by atoms with Crippen molar-refractivity contribution in [2.24, 2.45) is 11.8 Å². The molecule has 3 aliphatic rings. The van der Waals surface area contributed by atoms with Crippen LogP contribution in [0.15, 0.2) is 67.8 Å². The highest BCUT2D eigenvalue weighted by molar-refractivity contribution is 6.05. The SMILES string of the molecule is C=CCCCOC(=O)[C@H]1[C@H]2C(=O)N(CCCO)C(C(=O)N(CC=C)c3ccc4ccccc4c3)C23CC[C@]1(CC)O3. The van der Waals surface area contributed by atoms with Gasteiger partial charge in [-0.05, 0) is 61.4 Å². The maximum Gasteiger partial charge on any atom is 0.312 e. The second-order valence-corrected chi connectivity index (χ2v) is 11.3. The molecule has 3 saturated heterocycles. The molecule has 5 rings (SSSR count). The quantitative estimate of drug-likeness (QED) is 0.222. The lowest BCUT2D eigenvalue weighted by Gasteiger charge is -2.37. The Morgan fingerprint density at radius 3 is 2.63 bits per heavy atom. The molecule has 3 heterocycles. The molecule has 218 valence electrons. The molecule has 3 aliphatic heterocycles. The number of esters is 1. The fourth-order valence-electron chi connectivity index (χ4n) is 7.27. The summed E-state index contributed by atoms with van der Waals surface area (Å²) in [6, 6.07) is 12.8. The Morgan fingerprint density at radius 2 is 1.93 bits per heavy atom. The number of hydrogen-bond donors (Lipinski definition) is 1. The molecule has 0 aromatic heterocycles. The van der Waals surface area contributed by atoms with Gasteiger partial charge in [-0.3, -0.25) is 14.4 Å². The second kappa shape index (κ2) is 11.8. The minimum atomic E-state index is -1.15. The Hall–Kier alpha value is -3.49. The van der Waals surface area contributed by atoms with Gasteiger partial charge >= 0.3 is 5.97 Å². The molecular formula is C33H40N2O6. The number of benzene rings is 2. The zero-order valence-electron chi connectivity index (χ0n) is 23.8. The van der Waals surface area contributed by atoms with E-state index in [4.69, 9.17) is 9.47 Å². The van der Waals surface area contributed by atoms with Crippen LogP contribution < -0.4 is 4.90 Å². The van der Waals surface area contributed by atoms with Crippen molar-refractivity contribution in [3.05, 3.63) is 67.8 Å². The topological polar surface area (TPSA) is 96.4 Å². The fraction of sp³-hybridized carbons (Fsp3) is 0.485. The predicted molar refractivity (Wildman–Crippen MR) is 157 cm³/mol. The number of hydrogen-bond acceptors (Lipinski definition) is 6. The highest BCUT2D eigenvalue weighted by Crippen LogP contribution is 2.64. The molecule has 2 aromatic carbocycles. The Morgan fingerprint density at radius 1 is 1.15 bits per heavy atom. The number of amides is 2. The summed E-state index contributed by atoms with van der Waals surface area (Å²) in [5, 5.41) is 11.7. The molecule has 0 radical (unpaired) electrons. The molecule has 2 bridgehead atoms. The van der Waals surface area contributed by atoms with Gasteiger partial charge in [0.15, 0.2) is 0 Å². The molecule has 0 aliphatic carbocycles. The van der Waals surface area contributed by atoms with Crippen LogP contribution in [0, 0.1) is 11.8 Å². The first-order valence-corrected chi connectivity index (χ1v) is 14.7. The maximum atomic E-state index is 14.6. The molecule has 8 heteroatoms. The Balaban J connectivity index is 1.54. The monoisotopic (exact) mass is 560 g/mol. The van der Waals surface area contributed by atoms with Gasteiger partial charge in [-0.1, -0.05) is 49.4 Å². The summed E-state index contributed by atoms with van der Waals surface area (Å²) in [4.78, 5) is 45.6. The van der Waals surface area contributed by atoms with Gasteiger partial charge < -0.3 is 24.4 Å². The molecule has 3 fully saturated rings. The molecule has 41 heavy (non-hydrogen) atoms. The molecule has 8 nitrogen and oxygen atoms in total. The second-order valence-electron chi connectivity index (χ2n) is 11.3. The number of aliphatic hydroxyl groups excluding tert-OH is 1. The lowest BCUT2D eigenvalue weighted by Crippen LogP contribution is -2.56. The number of unbranched alkanes of at least 4 members (excludes halogenated alkanes) is 1. The van der Waals surface area contributed by atoms with E-state index in [0.717, 1.165) is 17.2 Å². The van der Waals surface area contributed by atoms with Crippen molar-refractivity contribution < 1.29 is 29.0 Å². The third-order valence-corrected chi connectivity index (χ3v) is 9.15. The Bertz CT molecular complexity index is 1340. The number of fused-ring (bicyclic) bond motifs is 2. The van der Waals surface area contributed by atoms with E-state index in [0.29, 0.717) is 37.8 Å². The zero-order chi connectivity index (χ0) is 29.2. The first-order valence-electron chi connectivity index (χ1n) is 14.7. The molecule has 2 amide bonds. The highest BCUT2D eigenvalue weighted by atomic mass is 16.6. The number of carbonyl (C=O) groups excluding carboxylic acids is 3. The first-order chi connectivity index (χ1) is 19.9. The van der Waals surface area contributed by atoms with E-state index in [1.54, 1.807) is 22.0 Å². The van der Waals surface area contributed by atoms with E-state index in [1.807, 2.05) is 49.4 Å². The molecule has 0 saturated carbocycles. The van der Waals surface area contributed by atoms with Gasteiger partial charge in [-0.2, -0.15) is 0 Å². The van der Waals surface area contributed by atoms with Crippen molar-refractivity contribution in [3.8, 4) is 0 Å². The standard InChI is InChI=1S/C33H40N2O6/c1-4-7-10-21-40-31(39)27-26-29(37)35(19-11-20-36)28(33(26)17-16-32(27,6-3)41-33)30(38)34(18-5-2)25-15-14-23-12-8-9-13-24(23)22-25/h4-5,8-9,12-15,22,26-28,36H,1-2,6-7,10-11,16-21H2,3H3/t26-,27+,28?,32-,33?/m0/s1. The smallest absolute Gasteiger partial charge is 0.312 e. The molecule has 1 spiro atoms. The summed E-state index contributed by atoms with van der Waals surface area (Å²) in [6.07, 6.45) is 6.71. The van der Waals surface area contributed by atoms with E-state index in [9.17, 15) is 19.5 Å². The lowest BCUT2D eigenvalue weighted by atomic mass is 9.65. The van der Waals surface area contributed by atoms with Crippen LogP contribution in [0.4, 0.5) is 5.69 Å². The van der Waals surface area contributed by atoms with E-state index < -0.39 is 35.0 Å². The number of likely N-dealkylation sites (tertiary alicyclic amines) is 1. The van der Waals surface area contributed by atoms with Gasteiger partial charge in [0.25, 0.3) is 5.91 Å². The van der Waals surface area contributed by atoms with Crippen LogP contribution in [0.5, 0.6) is 0 Å². The summed E-state index contributed by atoms with van der Waals surface area (Å²) in [7, 11) is 0. The van der Waals surface area contributed by atoms with Crippen molar-refractivity contribution in [3.63, 3.8) is 0 Å². The van der Waals surface area contributed by atoms with Crippen molar-refractivity contribution >= 4 is 34.2 Å². The fourth-order valence-corrected chi connectivity index (χ4v) is 7.27. The molecule has 1 N–H and O–H groups in total. The Kier molecular flexibility index (Phi) is 8.34. The summed E-state index contributed by atoms with van der Waals surface area (Å²) < 4.78 is 12.5. The predicted octanol–water partition coefficient (Wildman–Crippen LogP) is 4.41. The van der Waals surface area contributed by atoms with Crippen LogP contribution in [0.25, 0.3) is 10.8 Å². The average molecular weight is 561 g/mol. The summed E-state index contributed by atoms with van der Waals surface area (Å²) in [5.74, 6) is -2.61. The van der Waals surface area contributed by atoms with Crippen molar-refractivity contribution in [2.75, 3.05) is 31.2 Å². The largest absolute Gasteiger partial charge is 0.465 e. The number of anilines is 1. The summed E-state index contributed by atoms with van der Waals surface area (Å²) in [6.45, 7) is 10.1. The van der Waals surface area contributed by atoms with E-state index in [-0.39, 0.29) is 38.1 Å². The average Bonchev–Trinajstić information content (AvgIpc) is 3.59. The molecule has 2 aromatic rings. The minimum Gasteiger partial charge on any atom is -0.465 e. The van der Waals surface area contributed by atoms with Gasteiger partial charge in [0.05, 0.1) is 18.1 Å². The zero-order valence-corrected chi connectivity index (χ0v) is 23.8. The van der Waals surface area contributed by atoms with Gasteiger partial charge in [0.2, 0.25) is 5.91 Å². The molecule has 5 atom stereocenters. The number of ether oxygens (including phenoxy) is 2. The highest BCUT2D eigenvalue weighted by Gasteiger charge is 2.79. The van der Waals surface area contributed by atoms with Crippen LogP contribution >= 0.6 is 0 Å². The van der Waals surface area contributed by atoms with Crippen LogP contribution in [-0.4, -0.2) is 71.3 Å². The van der Waals surface area contributed by atoms with E-state index in [1.165, 1.54) is 0 Å². The van der Waals surface area contributed by atoms with Crippen molar-refractivity contribution in [1.82, 2.24) is 4.90 Å². The van der Waals surface area contributed by atoms with Gasteiger partial charge in [-0.25, -0.2) is 0 Å². The minimum absolute atomic E-state index is 0.127. The number of carbonyl (C=O) groups is 3. The van der Waals surface area contributed by atoms with Gasteiger partial charge in [0, 0.05) is 25.4 Å². The van der Waals surface area contributed by atoms with E-state index >= 15 is 0 Å². The maximum absolute atomic E-state index is 14.6. The van der Waals surface area contributed by atoms with Gasteiger partial charge in [0.1, 0.15) is 17.6 Å². The van der Waals surface area contributed by atoms with Crippen LogP contribution in [0.2, 0.25) is 0 Å². The number of nitrogens with zero attached hydrogens (tertiary/aromatic N) is 2. The summed E-state index contributed by atoms with van der Waals surface area (Å²) >= 11 is 0. The van der Waals surface area contributed by atoms with Crippen LogP contribution in [0.3, 0.4) is 0 Å². The number of allylic oxidation sites excluding steroid dienone is 1. The van der Waals surface area contributed by atoms with Crippen LogP contribution in [-0.2, 0) is 23.9 Å².